The van der Waals surface area contributed by atoms with Gasteiger partial charge in [0.05, 0.1) is 5.69 Å². The van der Waals surface area contributed by atoms with E-state index in [4.69, 9.17) is 11.6 Å². The van der Waals surface area contributed by atoms with Crippen LogP contribution in [0.5, 0.6) is 0 Å². The van der Waals surface area contributed by atoms with Crippen molar-refractivity contribution >= 4 is 27.5 Å². The Hall–Kier alpha value is -0.0600. The van der Waals surface area contributed by atoms with Crippen molar-refractivity contribution in [1.82, 2.24) is 14.9 Å². The molecule has 0 bridgehead atoms. The molecular weight excluding hydrogens is 265 g/mol. The summed E-state index contributed by atoms with van der Waals surface area (Å²) in [4.78, 5) is 4.21. The normalized spacial score (nSPS) is 20.9. The van der Waals surface area contributed by atoms with Gasteiger partial charge in [-0.3, -0.25) is 0 Å². The van der Waals surface area contributed by atoms with E-state index in [1.165, 1.54) is 12.1 Å². The molecule has 1 aromatic rings. The molecule has 2 rings (SSSR count). The van der Waals surface area contributed by atoms with Gasteiger partial charge in [0.2, 0.25) is 5.28 Å². The second-order valence-electron chi connectivity index (χ2n) is 3.69. The molecule has 78 valence electrons. The van der Waals surface area contributed by atoms with Crippen molar-refractivity contribution in [2.45, 2.75) is 19.4 Å². The van der Waals surface area contributed by atoms with Crippen LogP contribution >= 0.6 is 27.5 Å². The number of hydrogen-bond acceptors (Lipinski definition) is 2. The van der Waals surface area contributed by atoms with E-state index in [0.717, 1.165) is 24.1 Å². The lowest BCUT2D eigenvalue weighted by atomic mass is 9.96. The number of aromatic nitrogens is 2. The minimum Gasteiger partial charge on any atom is -0.319 e. The van der Waals surface area contributed by atoms with E-state index in [-0.39, 0.29) is 0 Å². The van der Waals surface area contributed by atoms with Crippen LogP contribution < -0.4 is 5.32 Å². The van der Waals surface area contributed by atoms with Crippen molar-refractivity contribution in [2.75, 3.05) is 13.6 Å². The number of rotatable bonds is 2. The predicted molar refractivity (Wildman–Crippen MR) is 60.7 cm³/mol. The number of imidazole rings is 1. The van der Waals surface area contributed by atoms with Gasteiger partial charge in [-0.2, -0.15) is 0 Å². The third kappa shape index (κ3) is 1.83. The van der Waals surface area contributed by atoms with Gasteiger partial charge >= 0.3 is 0 Å². The average Bonchev–Trinajstić information content (AvgIpc) is 2.43. The van der Waals surface area contributed by atoms with E-state index in [9.17, 15) is 0 Å². The smallest absolute Gasteiger partial charge is 0.204 e. The lowest BCUT2D eigenvalue weighted by Crippen LogP contribution is -2.27. The lowest BCUT2D eigenvalue weighted by molar-refractivity contribution is 0.378. The zero-order valence-electron chi connectivity index (χ0n) is 8.06. The van der Waals surface area contributed by atoms with Crippen LogP contribution in [0.25, 0.3) is 0 Å². The molecule has 0 saturated heterocycles. The SMILES string of the molecule is CNCC1CCn2c(Cl)nc(Br)c2C1. The van der Waals surface area contributed by atoms with E-state index < -0.39 is 0 Å². The first kappa shape index (κ1) is 10.5. The third-order valence-corrected chi connectivity index (χ3v) is 3.64. The summed E-state index contributed by atoms with van der Waals surface area (Å²) in [6.45, 7) is 2.05. The minimum atomic E-state index is 0.606. The Labute approximate surface area is 97.0 Å². The van der Waals surface area contributed by atoms with Crippen molar-refractivity contribution in [1.29, 1.82) is 0 Å². The van der Waals surface area contributed by atoms with Crippen molar-refractivity contribution in [3.8, 4) is 0 Å². The minimum absolute atomic E-state index is 0.606. The molecule has 1 aliphatic heterocycles. The Morgan fingerprint density at radius 2 is 2.50 bits per heavy atom. The second-order valence-corrected chi connectivity index (χ2v) is 4.78. The van der Waals surface area contributed by atoms with Crippen molar-refractivity contribution < 1.29 is 0 Å². The molecule has 1 atom stereocenters. The summed E-state index contributed by atoms with van der Waals surface area (Å²) in [7, 11) is 1.99. The van der Waals surface area contributed by atoms with Gasteiger partial charge in [0.15, 0.2) is 0 Å². The summed E-state index contributed by atoms with van der Waals surface area (Å²) < 4.78 is 3.00. The molecular formula is C9H13BrClN3. The average molecular weight is 279 g/mol. The fourth-order valence-electron chi connectivity index (χ4n) is 2.00. The largest absolute Gasteiger partial charge is 0.319 e. The molecule has 1 unspecified atom stereocenters. The first-order valence-corrected chi connectivity index (χ1v) is 5.94. The van der Waals surface area contributed by atoms with Gasteiger partial charge in [0.25, 0.3) is 0 Å². The molecule has 2 heterocycles. The topological polar surface area (TPSA) is 29.9 Å². The summed E-state index contributed by atoms with van der Waals surface area (Å²) in [6.07, 6.45) is 2.23. The maximum atomic E-state index is 5.99. The zero-order chi connectivity index (χ0) is 10.1. The number of halogens is 2. The van der Waals surface area contributed by atoms with Gasteiger partial charge < -0.3 is 9.88 Å². The van der Waals surface area contributed by atoms with Crippen LogP contribution in [0.15, 0.2) is 4.60 Å². The third-order valence-electron chi connectivity index (χ3n) is 2.71. The molecule has 1 aromatic heterocycles. The molecule has 0 saturated carbocycles. The van der Waals surface area contributed by atoms with Crippen LogP contribution in [0.1, 0.15) is 12.1 Å². The lowest BCUT2D eigenvalue weighted by Gasteiger charge is -2.24. The molecule has 0 aliphatic carbocycles. The molecule has 3 nitrogen and oxygen atoms in total. The summed E-state index contributed by atoms with van der Waals surface area (Å²) in [5.41, 5.74) is 1.24. The molecule has 1 N–H and O–H groups in total. The highest BCUT2D eigenvalue weighted by molar-refractivity contribution is 9.10. The van der Waals surface area contributed by atoms with Gasteiger partial charge in [0.1, 0.15) is 4.60 Å². The molecule has 14 heavy (non-hydrogen) atoms. The Morgan fingerprint density at radius 1 is 1.71 bits per heavy atom. The molecule has 0 radical (unpaired) electrons. The van der Waals surface area contributed by atoms with Crippen molar-refractivity contribution in [3.05, 3.63) is 15.6 Å². The number of nitrogens with zero attached hydrogens (tertiary/aromatic N) is 2. The first-order chi connectivity index (χ1) is 6.72. The predicted octanol–water partition coefficient (Wildman–Crippen LogP) is 2.08. The van der Waals surface area contributed by atoms with Crippen LogP contribution in [0.4, 0.5) is 0 Å². The summed E-state index contributed by atoms with van der Waals surface area (Å²) in [6, 6.07) is 0. The van der Waals surface area contributed by atoms with Gasteiger partial charge in [0, 0.05) is 6.54 Å². The Kier molecular flexibility index (Phi) is 3.14. The maximum Gasteiger partial charge on any atom is 0.204 e. The van der Waals surface area contributed by atoms with Crippen LogP contribution in [0.3, 0.4) is 0 Å². The van der Waals surface area contributed by atoms with Crippen molar-refractivity contribution in [3.63, 3.8) is 0 Å². The Morgan fingerprint density at radius 3 is 3.21 bits per heavy atom. The quantitative estimate of drug-likeness (QED) is 0.898. The fourth-order valence-corrected chi connectivity index (χ4v) is 2.92. The molecule has 0 amide bonds. The maximum absolute atomic E-state index is 5.99. The fraction of sp³-hybridized carbons (Fsp3) is 0.667. The monoisotopic (exact) mass is 277 g/mol. The Balaban J connectivity index is 2.21. The van der Waals surface area contributed by atoms with Crippen LogP contribution in [0, 0.1) is 5.92 Å². The summed E-state index contributed by atoms with van der Waals surface area (Å²) >= 11 is 9.44. The van der Waals surface area contributed by atoms with Crippen LogP contribution in [0.2, 0.25) is 5.28 Å². The van der Waals surface area contributed by atoms with Crippen LogP contribution in [-0.4, -0.2) is 23.1 Å². The highest BCUT2D eigenvalue weighted by Gasteiger charge is 2.23. The van der Waals surface area contributed by atoms with E-state index in [1.807, 2.05) is 7.05 Å². The van der Waals surface area contributed by atoms with E-state index in [2.05, 4.69) is 30.8 Å². The first-order valence-electron chi connectivity index (χ1n) is 4.77. The van der Waals surface area contributed by atoms with Crippen molar-refractivity contribution in [2.24, 2.45) is 5.92 Å². The van der Waals surface area contributed by atoms with E-state index >= 15 is 0 Å². The highest BCUT2D eigenvalue weighted by atomic mass is 79.9. The number of nitrogens with one attached hydrogen (secondary N) is 1. The zero-order valence-corrected chi connectivity index (χ0v) is 10.4. The standard InChI is InChI=1S/C9H13BrClN3/c1-12-5-6-2-3-14-7(4-6)8(10)13-9(14)11/h6,12H,2-5H2,1H3. The second kappa shape index (κ2) is 4.21. The molecule has 5 heteroatoms. The molecule has 0 aromatic carbocycles. The highest BCUT2D eigenvalue weighted by Crippen LogP contribution is 2.29. The van der Waals surface area contributed by atoms with Crippen LogP contribution in [-0.2, 0) is 13.0 Å². The van der Waals surface area contributed by atoms with Gasteiger partial charge in [-0.25, -0.2) is 4.98 Å². The molecule has 0 fully saturated rings. The molecule has 0 spiro atoms. The summed E-state index contributed by atoms with van der Waals surface area (Å²) in [5.74, 6) is 0.705. The molecule has 1 aliphatic rings. The Bertz CT molecular complexity index is 337. The van der Waals surface area contributed by atoms with Gasteiger partial charge in [-0.15, -0.1) is 0 Å². The van der Waals surface area contributed by atoms with Gasteiger partial charge in [-0.05, 0) is 59.9 Å². The summed E-state index contributed by atoms with van der Waals surface area (Å²) in [5, 5.41) is 3.82. The van der Waals surface area contributed by atoms with E-state index in [0.29, 0.717) is 11.2 Å². The van der Waals surface area contributed by atoms with Gasteiger partial charge in [-0.1, -0.05) is 0 Å². The van der Waals surface area contributed by atoms with E-state index in [1.54, 1.807) is 0 Å². The number of hydrogen-bond donors (Lipinski definition) is 1. The number of fused-ring (bicyclic) bond motifs is 1.